The minimum atomic E-state index is -3.11. The summed E-state index contributed by atoms with van der Waals surface area (Å²) in [5.41, 5.74) is -1.21. The minimum Gasteiger partial charge on any atom is -0.272 e. The van der Waals surface area contributed by atoms with Crippen LogP contribution in [-0.4, -0.2) is 39.9 Å². The average Bonchev–Trinajstić information content (AvgIpc) is 2.89. The molecule has 0 aliphatic carbocycles. The molecule has 21 heavy (non-hydrogen) atoms. The van der Waals surface area contributed by atoms with Crippen molar-refractivity contribution in [3.8, 4) is 0 Å². The van der Waals surface area contributed by atoms with Gasteiger partial charge in [-0.15, -0.1) is 0 Å². The Labute approximate surface area is 120 Å². The van der Waals surface area contributed by atoms with Gasteiger partial charge in [0.1, 0.15) is 11.2 Å². The molecule has 2 fully saturated rings. The number of pyridine rings is 1. The van der Waals surface area contributed by atoms with E-state index < -0.39 is 29.1 Å². The molecule has 7 heteroatoms. The maximum absolute atomic E-state index is 13.8. The summed E-state index contributed by atoms with van der Waals surface area (Å²) < 4.78 is 40.9. The zero-order valence-corrected chi connectivity index (χ0v) is 11.8. The first-order chi connectivity index (χ1) is 9.74. The fourth-order valence-electron chi connectivity index (χ4n) is 3.05. The number of carbonyl (C=O) groups excluding carboxylic acids is 1. The molecule has 0 radical (unpaired) electrons. The van der Waals surface area contributed by atoms with Crippen LogP contribution in [0.2, 0.25) is 0 Å². The standard InChI is InChI=1S/C14H16F3N3O/c1-13(14(2,16)17)8-19-4-3-11(20(19)12(13)21)9-5-10(15)7-18-6-9/h5-7,11H,3-4,8H2,1-2H3/t11-,13?/m0/s1. The molecule has 1 unspecified atom stereocenters. The van der Waals surface area contributed by atoms with E-state index in [1.165, 1.54) is 24.2 Å². The second-order valence-electron chi connectivity index (χ2n) is 6.00. The quantitative estimate of drug-likeness (QED) is 0.841. The maximum Gasteiger partial charge on any atom is 0.260 e. The highest BCUT2D eigenvalue weighted by atomic mass is 19.3. The molecule has 2 saturated heterocycles. The van der Waals surface area contributed by atoms with Gasteiger partial charge in [-0.3, -0.25) is 14.8 Å². The van der Waals surface area contributed by atoms with Gasteiger partial charge < -0.3 is 0 Å². The molecule has 1 amide bonds. The van der Waals surface area contributed by atoms with Crippen LogP contribution in [0.4, 0.5) is 13.2 Å². The Morgan fingerprint density at radius 1 is 1.43 bits per heavy atom. The summed E-state index contributed by atoms with van der Waals surface area (Å²) in [6.45, 7) is 2.54. The molecular formula is C14H16F3N3O. The molecule has 0 N–H and O–H groups in total. The van der Waals surface area contributed by atoms with Crippen LogP contribution in [0.15, 0.2) is 18.5 Å². The van der Waals surface area contributed by atoms with E-state index >= 15 is 0 Å². The van der Waals surface area contributed by atoms with E-state index in [4.69, 9.17) is 0 Å². The van der Waals surface area contributed by atoms with Crippen LogP contribution in [0.1, 0.15) is 31.9 Å². The van der Waals surface area contributed by atoms with Gasteiger partial charge in [-0.05, 0) is 25.0 Å². The lowest BCUT2D eigenvalue weighted by atomic mass is 9.83. The molecule has 114 valence electrons. The lowest BCUT2D eigenvalue weighted by Gasteiger charge is -2.29. The number of carbonyl (C=O) groups is 1. The van der Waals surface area contributed by atoms with Crippen molar-refractivity contribution in [3.05, 3.63) is 29.8 Å². The second kappa shape index (κ2) is 4.43. The number of nitrogens with zero attached hydrogens (tertiary/aromatic N) is 3. The van der Waals surface area contributed by atoms with Gasteiger partial charge in [0, 0.05) is 26.2 Å². The number of hydrogen-bond donors (Lipinski definition) is 0. The largest absolute Gasteiger partial charge is 0.272 e. The van der Waals surface area contributed by atoms with Crippen molar-refractivity contribution in [2.45, 2.75) is 32.2 Å². The Bertz CT molecular complexity index is 589. The van der Waals surface area contributed by atoms with Gasteiger partial charge in [0.05, 0.1) is 12.2 Å². The molecule has 2 atom stereocenters. The van der Waals surface area contributed by atoms with Crippen LogP contribution in [0, 0.1) is 11.2 Å². The monoisotopic (exact) mass is 299 g/mol. The predicted molar refractivity (Wildman–Crippen MR) is 68.7 cm³/mol. The van der Waals surface area contributed by atoms with Gasteiger partial charge in [-0.1, -0.05) is 0 Å². The zero-order chi connectivity index (χ0) is 15.4. The molecular weight excluding hydrogens is 283 g/mol. The highest BCUT2D eigenvalue weighted by Crippen LogP contribution is 2.48. The van der Waals surface area contributed by atoms with Crippen LogP contribution >= 0.6 is 0 Å². The number of fused-ring (bicyclic) bond motifs is 1. The van der Waals surface area contributed by atoms with E-state index in [9.17, 15) is 18.0 Å². The number of halogens is 3. The van der Waals surface area contributed by atoms with Crippen LogP contribution in [0.25, 0.3) is 0 Å². The van der Waals surface area contributed by atoms with E-state index in [0.717, 1.165) is 13.1 Å². The van der Waals surface area contributed by atoms with Crippen LogP contribution in [-0.2, 0) is 4.79 Å². The van der Waals surface area contributed by atoms with Gasteiger partial charge in [0.15, 0.2) is 0 Å². The molecule has 3 rings (SSSR count). The summed E-state index contributed by atoms with van der Waals surface area (Å²) in [5.74, 6) is -4.22. The van der Waals surface area contributed by atoms with Gasteiger partial charge in [0.25, 0.3) is 11.8 Å². The normalized spacial score (nSPS) is 30.0. The summed E-state index contributed by atoms with van der Waals surface area (Å²) in [4.78, 5) is 16.3. The van der Waals surface area contributed by atoms with E-state index in [2.05, 4.69) is 4.98 Å². The minimum absolute atomic E-state index is 0.0193. The van der Waals surface area contributed by atoms with Crippen molar-refractivity contribution in [3.63, 3.8) is 0 Å². The number of alkyl halides is 2. The molecule has 3 heterocycles. The number of aromatic nitrogens is 1. The van der Waals surface area contributed by atoms with Crippen molar-refractivity contribution in [2.24, 2.45) is 5.41 Å². The molecule has 4 nitrogen and oxygen atoms in total. The summed E-state index contributed by atoms with van der Waals surface area (Å²) in [7, 11) is 0. The van der Waals surface area contributed by atoms with Crippen molar-refractivity contribution in [2.75, 3.05) is 13.1 Å². The average molecular weight is 299 g/mol. The first kappa shape index (κ1) is 14.3. The highest BCUT2D eigenvalue weighted by Gasteiger charge is 2.62. The SMILES string of the molecule is CC(F)(F)C1(C)CN2CC[C@@H](c3cncc(F)c3)N2C1=O. The molecule has 0 bridgehead atoms. The summed E-state index contributed by atoms with van der Waals surface area (Å²) >= 11 is 0. The third kappa shape index (κ3) is 2.02. The first-order valence-corrected chi connectivity index (χ1v) is 6.81. The molecule has 2 aliphatic rings. The molecule has 1 aromatic heterocycles. The van der Waals surface area contributed by atoms with E-state index in [-0.39, 0.29) is 6.54 Å². The topological polar surface area (TPSA) is 36.4 Å². The molecule has 0 aromatic carbocycles. The lowest BCUT2D eigenvalue weighted by Crippen LogP contribution is -2.45. The highest BCUT2D eigenvalue weighted by molar-refractivity contribution is 5.86. The Balaban J connectivity index is 1.95. The van der Waals surface area contributed by atoms with E-state index in [1.54, 1.807) is 5.01 Å². The number of hydrogen-bond acceptors (Lipinski definition) is 3. The van der Waals surface area contributed by atoms with Gasteiger partial charge in [-0.25, -0.2) is 18.2 Å². The Morgan fingerprint density at radius 3 is 2.76 bits per heavy atom. The van der Waals surface area contributed by atoms with Crippen molar-refractivity contribution in [1.82, 2.24) is 15.0 Å². The first-order valence-electron chi connectivity index (χ1n) is 6.81. The van der Waals surface area contributed by atoms with E-state index in [1.807, 2.05) is 0 Å². The van der Waals surface area contributed by atoms with Gasteiger partial charge >= 0.3 is 0 Å². The summed E-state index contributed by atoms with van der Waals surface area (Å²) in [5, 5.41) is 2.99. The fourth-order valence-corrected chi connectivity index (χ4v) is 3.05. The Hall–Kier alpha value is -1.63. The number of rotatable bonds is 2. The Morgan fingerprint density at radius 2 is 2.14 bits per heavy atom. The molecule has 0 saturated carbocycles. The third-order valence-corrected chi connectivity index (χ3v) is 4.52. The second-order valence-corrected chi connectivity index (χ2v) is 6.00. The molecule has 2 aliphatic heterocycles. The lowest BCUT2D eigenvalue weighted by molar-refractivity contribution is -0.156. The van der Waals surface area contributed by atoms with E-state index in [0.29, 0.717) is 18.5 Å². The number of hydrazine groups is 1. The molecule has 1 aromatic rings. The summed E-state index contributed by atoms with van der Waals surface area (Å²) in [6.07, 6.45) is 3.14. The third-order valence-electron chi connectivity index (χ3n) is 4.52. The van der Waals surface area contributed by atoms with Crippen molar-refractivity contribution in [1.29, 1.82) is 0 Å². The smallest absolute Gasteiger partial charge is 0.260 e. The summed E-state index contributed by atoms with van der Waals surface area (Å²) in [6, 6.07) is 0.874. The van der Waals surface area contributed by atoms with Gasteiger partial charge in [-0.2, -0.15) is 0 Å². The number of amides is 1. The van der Waals surface area contributed by atoms with Crippen LogP contribution in [0.3, 0.4) is 0 Å². The molecule has 0 spiro atoms. The maximum atomic E-state index is 13.8. The fraction of sp³-hybridized carbons (Fsp3) is 0.571. The Kier molecular flexibility index (Phi) is 3.02. The van der Waals surface area contributed by atoms with Crippen molar-refractivity contribution < 1.29 is 18.0 Å². The van der Waals surface area contributed by atoms with Gasteiger partial charge in [0.2, 0.25) is 0 Å². The predicted octanol–water partition coefficient (Wildman–Crippen LogP) is 2.39. The van der Waals surface area contributed by atoms with Crippen molar-refractivity contribution >= 4 is 5.91 Å². The van der Waals surface area contributed by atoms with Crippen LogP contribution in [0.5, 0.6) is 0 Å². The zero-order valence-electron chi connectivity index (χ0n) is 11.8. The van der Waals surface area contributed by atoms with Crippen LogP contribution < -0.4 is 0 Å².